The van der Waals surface area contributed by atoms with Crippen LogP contribution in [0.1, 0.15) is 59.7 Å². The summed E-state index contributed by atoms with van der Waals surface area (Å²) in [5.74, 6) is -0.607. The number of ether oxygens (including phenoxy) is 5. The van der Waals surface area contributed by atoms with Gasteiger partial charge in [-0.05, 0) is 62.1 Å². The van der Waals surface area contributed by atoms with Crippen molar-refractivity contribution in [2.45, 2.75) is 40.2 Å². The first-order valence-corrected chi connectivity index (χ1v) is 15.8. The lowest BCUT2D eigenvalue weighted by molar-refractivity contribution is -0.132. The van der Waals surface area contributed by atoms with E-state index in [9.17, 15) is 19.5 Å². The summed E-state index contributed by atoms with van der Waals surface area (Å²) < 4.78 is 28.4. The summed E-state index contributed by atoms with van der Waals surface area (Å²) in [5.41, 5.74) is 0.878. The number of rotatable bonds is 12. The van der Waals surface area contributed by atoms with Crippen LogP contribution in [0.25, 0.3) is 5.76 Å². The number of aryl methyl sites for hydroxylation is 1. The SMILES string of the molecule is C=CCOC(=O)c1sc(N2C(=O)C(=O)C(=C(O)c3ccc4c(c3)OCCO4)C2c2ccc(OCCC(C)C)c(OCC)c2)nc1C. The smallest absolute Gasteiger partial charge is 0.350 e. The van der Waals surface area contributed by atoms with Crippen LogP contribution < -0.4 is 23.8 Å². The van der Waals surface area contributed by atoms with Gasteiger partial charge in [0.25, 0.3) is 5.78 Å². The molecule has 0 spiro atoms. The fourth-order valence-corrected chi connectivity index (χ4v) is 6.04. The molecule has 0 bridgehead atoms. The Balaban J connectivity index is 1.65. The molecule has 1 saturated heterocycles. The van der Waals surface area contributed by atoms with E-state index < -0.39 is 29.5 Å². The van der Waals surface area contributed by atoms with Gasteiger partial charge in [-0.15, -0.1) is 0 Å². The minimum atomic E-state index is -1.13. The first-order chi connectivity index (χ1) is 22.1. The average molecular weight is 649 g/mol. The summed E-state index contributed by atoms with van der Waals surface area (Å²) in [6, 6.07) is 8.78. The van der Waals surface area contributed by atoms with Crippen LogP contribution in [0.4, 0.5) is 5.13 Å². The molecule has 2 aromatic carbocycles. The Hall–Kier alpha value is -4.84. The molecule has 2 aliphatic heterocycles. The molecule has 0 aliphatic carbocycles. The van der Waals surface area contributed by atoms with E-state index in [0.29, 0.717) is 66.6 Å². The zero-order chi connectivity index (χ0) is 33.0. The Bertz CT molecular complexity index is 1690. The molecule has 1 amide bonds. The highest BCUT2D eigenvalue weighted by Gasteiger charge is 2.49. The highest BCUT2D eigenvalue weighted by atomic mass is 32.1. The van der Waals surface area contributed by atoms with E-state index in [1.54, 1.807) is 43.3 Å². The Morgan fingerprint density at radius 3 is 2.61 bits per heavy atom. The Morgan fingerprint density at radius 1 is 1.13 bits per heavy atom. The van der Waals surface area contributed by atoms with Crippen LogP contribution in [-0.4, -0.2) is 60.8 Å². The summed E-state index contributed by atoms with van der Waals surface area (Å²) in [5, 5.41) is 11.8. The van der Waals surface area contributed by atoms with Crippen molar-refractivity contribution in [3.8, 4) is 23.0 Å². The summed E-state index contributed by atoms with van der Waals surface area (Å²) in [6.07, 6.45) is 2.28. The molecule has 1 aromatic heterocycles. The third-order valence-corrected chi connectivity index (χ3v) is 8.44. The number of aliphatic hydroxyl groups excluding tert-OH is 1. The van der Waals surface area contributed by atoms with E-state index in [4.69, 9.17) is 23.7 Å². The number of benzene rings is 2. The Labute approximate surface area is 271 Å². The lowest BCUT2D eigenvalue weighted by Gasteiger charge is -2.24. The fraction of sp³-hybridized carbons (Fsp3) is 0.353. The molecule has 46 heavy (non-hydrogen) atoms. The second kappa shape index (κ2) is 14.1. The van der Waals surface area contributed by atoms with E-state index >= 15 is 0 Å². The van der Waals surface area contributed by atoms with Crippen molar-refractivity contribution < 1.29 is 43.2 Å². The monoisotopic (exact) mass is 648 g/mol. The number of aliphatic hydroxyl groups is 1. The summed E-state index contributed by atoms with van der Waals surface area (Å²) >= 11 is 0.915. The number of amides is 1. The number of aromatic nitrogens is 1. The average Bonchev–Trinajstić information content (AvgIpc) is 3.55. The molecule has 1 unspecified atom stereocenters. The first kappa shape index (κ1) is 32.6. The van der Waals surface area contributed by atoms with Crippen LogP contribution in [0.2, 0.25) is 0 Å². The Kier molecular flexibility index (Phi) is 9.96. The number of Topliss-reactive ketones (excluding diaryl/α,β-unsaturated/α-hetero) is 1. The van der Waals surface area contributed by atoms with Crippen LogP contribution in [0.5, 0.6) is 23.0 Å². The topological polar surface area (TPSA) is 134 Å². The van der Waals surface area contributed by atoms with E-state index in [2.05, 4.69) is 25.4 Å². The number of hydrogen-bond acceptors (Lipinski definition) is 11. The van der Waals surface area contributed by atoms with E-state index in [1.807, 2.05) is 6.92 Å². The lowest BCUT2D eigenvalue weighted by Crippen LogP contribution is -2.29. The van der Waals surface area contributed by atoms with Gasteiger partial charge in [0, 0.05) is 5.56 Å². The van der Waals surface area contributed by atoms with Crippen LogP contribution in [0.15, 0.2) is 54.6 Å². The molecule has 2 aliphatic rings. The zero-order valence-electron chi connectivity index (χ0n) is 26.2. The van der Waals surface area contributed by atoms with Gasteiger partial charge in [-0.3, -0.25) is 14.5 Å². The first-order valence-electron chi connectivity index (χ1n) is 15.0. The van der Waals surface area contributed by atoms with Crippen molar-refractivity contribution in [2.24, 2.45) is 5.92 Å². The molecule has 3 heterocycles. The van der Waals surface area contributed by atoms with Gasteiger partial charge in [0.2, 0.25) is 0 Å². The fourth-order valence-electron chi connectivity index (χ4n) is 5.05. The maximum atomic E-state index is 13.8. The van der Waals surface area contributed by atoms with Gasteiger partial charge in [-0.2, -0.15) is 0 Å². The summed E-state index contributed by atoms with van der Waals surface area (Å²) in [6.45, 7) is 12.7. The van der Waals surface area contributed by atoms with Crippen molar-refractivity contribution in [3.05, 3.63) is 76.3 Å². The van der Waals surface area contributed by atoms with E-state index in [0.717, 1.165) is 17.8 Å². The predicted molar refractivity (Wildman–Crippen MR) is 172 cm³/mol. The van der Waals surface area contributed by atoms with Gasteiger partial charge >= 0.3 is 11.9 Å². The molecular weight excluding hydrogens is 612 g/mol. The largest absolute Gasteiger partial charge is 0.507 e. The third-order valence-electron chi connectivity index (χ3n) is 7.31. The number of ketones is 1. The Morgan fingerprint density at radius 2 is 1.89 bits per heavy atom. The molecular formula is C34H36N2O9S. The predicted octanol–water partition coefficient (Wildman–Crippen LogP) is 6.02. The maximum absolute atomic E-state index is 13.8. The van der Waals surface area contributed by atoms with Crippen LogP contribution in [-0.2, 0) is 14.3 Å². The summed E-state index contributed by atoms with van der Waals surface area (Å²) in [7, 11) is 0. The highest BCUT2D eigenvalue weighted by molar-refractivity contribution is 7.17. The number of hydrogen-bond donors (Lipinski definition) is 1. The maximum Gasteiger partial charge on any atom is 0.350 e. The molecule has 242 valence electrons. The molecule has 1 N–H and O–H groups in total. The molecule has 5 rings (SSSR count). The number of fused-ring (bicyclic) bond motifs is 1. The van der Waals surface area contributed by atoms with E-state index in [1.165, 1.54) is 11.0 Å². The number of anilines is 1. The third kappa shape index (κ3) is 6.57. The summed E-state index contributed by atoms with van der Waals surface area (Å²) in [4.78, 5) is 46.2. The second-order valence-electron chi connectivity index (χ2n) is 11.0. The standard InChI is InChI=1S/C34H36N2O9S/c1-6-13-45-33(40)31-20(5)35-34(46-31)36-28(21-8-10-23(25(17-21)41-7-2)42-14-12-19(3)4)27(30(38)32(36)39)29(37)22-9-11-24-26(18-22)44-16-15-43-24/h6,8-11,17-19,28,37H,1,7,12-16H2,2-5H3. The number of thiazole rings is 1. The van der Waals surface area contributed by atoms with Crippen molar-refractivity contribution in [2.75, 3.05) is 37.9 Å². The van der Waals surface area contributed by atoms with Gasteiger partial charge in [0.1, 0.15) is 30.5 Å². The van der Waals surface area contributed by atoms with Crippen molar-refractivity contribution in [3.63, 3.8) is 0 Å². The molecule has 1 fully saturated rings. The zero-order valence-corrected chi connectivity index (χ0v) is 27.0. The molecule has 0 radical (unpaired) electrons. The minimum Gasteiger partial charge on any atom is -0.507 e. The number of esters is 1. The van der Waals surface area contributed by atoms with Crippen molar-refractivity contribution in [1.29, 1.82) is 0 Å². The van der Waals surface area contributed by atoms with Crippen LogP contribution >= 0.6 is 11.3 Å². The van der Waals surface area contributed by atoms with Crippen LogP contribution in [0, 0.1) is 12.8 Å². The molecule has 12 heteroatoms. The molecule has 11 nitrogen and oxygen atoms in total. The second-order valence-corrected chi connectivity index (χ2v) is 12.0. The van der Waals surface area contributed by atoms with Gasteiger partial charge in [-0.1, -0.05) is 43.9 Å². The quantitative estimate of drug-likeness (QED) is 0.0818. The van der Waals surface area contributed by atoms with Crippen molar-refractivity contribution >= 4 is 39.9 Å². The van der Waals surface area contributed by atoms with Crippen molar-refractivity contribution in [1.82, 2.24) is 4.98 Å². The number of carbonyl (C=O) groups excluding carboxylic acids is 3. The van der Waals surface area contributed by atoms with Gasteiger partial charge in [0.05, 0.1) is 30.5 Å². The van der Waals surface area contributed by atoms with Gasteiger partial charge < -0.3 is 28.8 Å². The molecule has 3 aromatic rings. The van der Waals surface area contributed by atoms with Gasteiger partial charge in [-0.25, -0.2) is 9.78 Å². The molecule has 1 atom stereocenters. The van der Waals surface area contributed by atoms with Gasteiger partial charge in [0.15, 0.2) is 28.1 Å². The van der Waals surface area contributed by atoms with E-state index in [-0.39, 0.29) is 27.8 Å². The van der Waals surface area contributed by atoms with Crippen LogP contribution in [0.3, 0.4) is 0 Å². The normalized spacial score (nSPS) is 16.9. The minimum absolute atomic E-state index is 0.00263. The molecule has 0 saturated carbocycles. The highest BCUT2D eigenvalue weighted by Crippen LogP contribution is 2.46. The number of nitrogens with zero attached hydrogens (tertiary/aromatic N) is 2. The number of carbonyl (C=O) groups is 3. The lowest BCUT2D eigenvalue weighted by atomic mass is 9.95.